The van der Waals surface area contributed by atoms with Crippen LogP contribution in [0.5, 0.6) is 0 Å². The highest BCUT2D eigenvalue weighted by Crippen LogP contribution is 2.29. The number of carbonyl (C=O) groups is 1. The Morgan fingerprint density at radius 1 is 1.17 bits per heavy atom. The van der Waals surface area contributed by atoms with E-state index in [4.69, 9.17) is 15.2 Å². The zero-order valence-corrected chi connectivity index (χ0v) is 18.0. The predicted molar refractivity (Wildman–Crippen MR) is 121 cm³/mol. The van der Waals surface area contributed by atoms with Crippen molar-refractivity contribution in [3.8, 4) is 11.8 Å². The average Bonchev–Trinajstić information content (AvgIpc) is 2.67. The van der Waals surface area contributed by atoms with Crippen LogP contribution in [0.2, 0.25) is 0 Å². The summed E-state index contributed by atoms with van der Waals surface area (Å²) in [5, 5.41) is 2.85. The Morgan fingerprint density at radius 3 is 2.57 bits per heavy atom. The first-order valence-electron chi connectivity index (χ1n) is 10.1. The van der Waals surface area contributed by atoms with E-state index >= 15 is 0 Å². The third-order valence-electron chi connectivity index (χ3n) is 4.56. The first-order valence-corrected chi connectivity index (χ1v) is 10.1. The SMILES string of the molecule is Cc1cc(N2CCOCC2)c(C#Cc2cccc(N)c2)cc1NC(=O)OC(C)(C)C. The zero-order chi connectivity index (χ0) is 21.7. The van der Waals surface area contributed by atoms with Crippen molar-refractivity contribution < 1.29 is 14.3 Å². The van der Waals surface area contributed by atoms with Crippen LogP contribution in [0.1, 0.15) is 37.5 Å². The van der Waals surface area contributed by atoms with E-state index in [1.54, 1.807) is 0 Å². The minimum absolute atomic E-state index is 0.487. The molecule has 3 N–H and O–H groups in total. The van der Waals surface area contributed by atoms with Gasteiger partial charge in [0.25, 0.3) is 0 Å². The number of hydrogen-bond acceptors (Lipinski definition) is 5. The number of amides is 1. The molecule has 30 heavy (non-hydrogen) atoms. The molecule has 1 aliphatic rings. The molecule has 0 aliphatic carbocycles. The third-order valence-corrected chi connectivity index (χ3v) is 4.56. The van der Waals surface area contributed by atoms with E-state index in [0.717, 1.165) is 35.5 Å². The molecule has 1 saturated heterocycles. The topological polar surface area (TPSA) is 76.8 Å². The molecule has 3 rings (SSSR count). The van der Waals surface area contributed by atoms with Crippen molar-refractivity contribution in [1.82, 2.24) is 0 Å². The summed E-state index contributed by atoms with van der Waals surface area (Å²) in [7, 11) is 0. The van der Waals surface area contributed by atoms with E-state index in [2.05, 4.69) is 28.1 Å². The van der Waals surface area contributed by atoms with Gasteiger partial charge in [-0.15, -0.1) is 0 Å². The van der Waals surface area contributed by atoms with Gasteiger partial charge in [-0.25, -0.2) is 4.79 Å². The highest BCUT2D eigenvalue weighted by atomic mass is 16.6. The molecule has 0 bridgehead atoms. The Bertz CT molecular complexity index is 977. The second-order valence-electron chi connectivity index (χ2n) is 8.29. The van der Waals surface area contributed by atoms with Gasteiger partial charge in [-0.1, -0.05) is 17.9 Å². The van der Waals surface area contributed by atoms with Gasteiger partial charge in [0.05, 0.1) is 24.5 Å². The molecule has 1 heterocycles. The Hall–Kier alpha value is -3.17. The van der Waals surface area contributed by atoms with E-state index in [0.29, 0.717) is 24.6 Å². The number of aryl methyl sites for hydroxylation is 1. The molecular weight excluding hydrogens is 378 g/mol. The Labute approximate surface area is 178 Å². The number of morpholine rings is 1. The van der Waals surface area contributed by atoms with Gasteiger partial charge in [0.1, 0.15) is 5.60 Å². The lowest BCUT2D eigenvalue weighted by molar-refractivity contribution is 0.0636. The highest BCUT2D eigenvalue weighted by molar-refractivity contribution is 5.87. The van der Waals surface area contributed by atoms with Gasteiger partial charge in [-0.2, -0.15) is 0 Å². The molecule has 0 spiro atoms. The normalized spacial score (nSPS) is 13.9. The smallest absolute Gasteiger partial charge is 0.412 e. The number of rotatable bonds is 2. The average molecular weight is 408 g/mol. The van der Waals surface area contributed by atoms with Crippen molar-refractivity contribution in [3.05, 3.63) is 53.1 Å². The monoisotopic (exact) mass is 407 g/mol. The molecule has 0 atom stereocenters. The molecule has 1 fully saturated rings. The summed E-state index contributed by atoms with van der Waals surface area (Å²) < 4.78 is 10.9. The van der Waals surface area contributed by atoms with Gasteiger partial charge in [0.2, 0.25) is 0 Å². The molecule has 6 heteroatoms. The van der Waals surface area contributed by atoms with Crippen LogP contribution in [0.3, 0.4) is 0 Å². The van der Waals surface area contributed by atoms with E-state index in [1.807, 2.05) is 58.0 Å². The summed E-state index contributed by atoms with van der Waals surface area (Å²) in [6, 6.07) is 11.4. The lowest BCUT2D eigenvalue weighted by Crippen LogP contribution is -2.36. The quantitative estimate of drug-likeness (QED) is 0.577. The second-order valence-corrected chi connectivity index (χ2v) is 8.29. The molecule has 6 nitrogen and oxygen atoms in total. The molecule has 1 amide bonds. The number of carbonyl (C=O) groups excluding carboxylic acids is 1. The number of anilines is 3. The summed E-state index contributed by atoms with van der Waals surface area (Å²) in [6.07, 6.45) is -0.487. The lowest BCUT2D eigenvalue weighted by atomic mass is 10.0. The predicted octanol–water partition coefficient (Wildman–Crippen LogP) is 4.16. The second kappa shape index (κ2) is 9.10. The van der Waals surface area contributed by atoms with Crippen molar-refractivity contribution >= 4 is 23.2 Å². The Balaban J connectivity index is 1.97. The van der Waals surface area contributed by atoms with Crippen LogP contribution in [0.25, 0.3) is 0 Å². The van der Waals surface area contributed by atoms with E-state index < -0.39 is 11.7 Å². The van der Waals surface area contributed by atoms with Crippen LogP contribution in [0.4, 0.5) is 21.9 Å². The molecule has 2 aromatic rings. The van der Waals surface area contributed by atoms with Crippen molar-refractivity contribution in [2.45, 2.75) is 33.3 Å². The fourth-order valence-corrected chi connectivity index (χ4v) is 3.16. The van der Waals surface area contributed by atoms with Crippen LogP contribution in [-0.2, 0) is 9.47 Å². The summed E-state index contributed by atoms with van der Waals surface area (Å²) in [6.45, 7) is 10.4. The zero-order valence-electron chi connectivity index (χ0n) is 18.0. The summed E-state index contributed by atoms with van der Waals surface area (Å²) in [5.41, 5.74) is 10.3. The van der Waals surface area contributed by atoms with Crippen molar-refractivity contribution in [1.29, 1.82) is 0 Å². The summed E-state index contributed by atoms with van der Waals surface area (Å²) in [4.78, 5) is 14.5. The minimum atomic E-state index is -0.568. The van der Waals surface area contributed by atoms with Crippen molar-refractivity contribution in [2.24, 2.45) is 0 Å². The molecule has 1 aliphatic heterocycles. The first-order chi connectivity index (χ1) is 14.2. The number of nitrogens with two attached hydrogens (primary N) is 1. The summed E-state index contributed by atoms with van der Waals surface area (Å²) in [5.74, 6) is 6.45. The van der Waals surface area contributed by atoms with E-state index in [1.165, 1.54) is 0 Å². The van der Waals surface area contributed by atoms with Crippen LogP contribution in [0.15, 0.2) is 36.4 Å². The largest absolute Gasteiger partial charge is 0.444 e. The van der Waals surface area contributed by atoms with Crippen molar-refractivity contribution in [3.63, 3.8) is 0 Å². The maximum atomic E-state index is 12.3. The molecule has 0 saturated carbocycles. The Morgan fingerprint density at radius 2 is 1.90 bits per heavy atom. The van der Waals surface area contributed by atoms with Gasteiger partial charge in [-0.05, 0) is 63.6 Å². The fourth-order valence-electron chi connectivity index (χ4n) is 3.16. The van der Waals surface area contributed by atoms with E-state index in [9.17, 15) is 4.79 Å². The number of nitrogens with one attached hydrogen (secondary N) is 1. The number of benzene rings is 2. The Kier molecular flexibility index (Phi) is 6.53. The van der Waals surface area contributed by atoms with Crippen LogP contribution >= 0.6 is 0 Å². The molecule has 0 radical (unpaired) electrons. The molecule has 158 valence electrons. The molecular formula is C24H29N3O3. The van der Waals surface area contributed by atoms with E-state index in [-0.39, 0.29) is 0 Å². The number of nitrogen functional groups attached to an aromatic ring is 1. The van der Waals surface area contributed by atoms with Crippen LogP contribution in [0, 0.1) is 18.8 Å². The minimum Gasteiger partial charge on any atom is -0.444 e. The summed E-state index contributed by atoms with van der Waals surface area (Å²) >= 11 is 0. The van der Waals surface area contributed by atoms with Crippen molar-refractivity contribution in [2.75, 3.05) is 42.3 Å². The maximum Gasteiger partial charge on any atom is 0.412 e. The van der Waals surface area contributed by atoms with Gasteiger partial charge in [0, 0.05) is 30.0 Å². The van der Waals surface area contributed by atoms with Crippen LogP contribution in [-0.4, -0.2) is 38.0 Å². The third kappa shape index (κ3) is 5.91. The first kappa shape index (κ1) is 21.5. The fraction of sp³-hybridized carbons (Fsp3) is 0.375. The lowest BCUT2D eigenvalue weighted by Gasteiger charge is -2.30. The number of ether oxygens (including phenoxy) is 2. The van der Waals surface area contributed by atoms with Gasteiger partial charge < -0.3 is 20.1 Å². The van der Waals surface area contributed by atoms with Crippen LogP contribution < -0.4 is 16.0 Å². The highest BCUT2D eigenvalue weighted by Gasteiger charge is 2.19. The molecule has 2 aromatic carbocycles. The van der Waals surface area contributed by atoms with Gasteiger partial charge in [0.15, 0.2) is 0 Å². The van der Waals surface area contributed by atoms with Gasteiger partial charge >= 0.3 is 6.09 Å². The maximum absolute atomic E-state index is 12.3. The van der Waals surface area contributed by atoms with Gasteiger partial charge in [-0.3, -0.25) is 5.32 Å². The number of hydrogen-bond donors (Lipinski definition) is 2. The number of nitrogens with zero attached hydrogens (tertiary/aromatic N) is 1. The standard InChI is InChI=1S/C24H29N3O3/c1-17-14-22(27-10-12-29-13-11-27)19(9-8-18-6-5-7-20(25)15-18)16-21(17)26-23(28)30-24(2,3)4/h5-7,14-16H,10-13,25H2,1-4H3,(H,26,28). The molecule has 0 aromatic heterocycles. The molecule has 0 unspecified atom stereocenters.